The Morgan fingerprint density at radius 2 is 2.00 bits per heavy atom. The molecule has 3 rings (SSSR count). The lowest BCUT2D eigenvalue weighted by Gasteiger charge is -2.26. The lowest BCUT2D eigenvalue weighted by Crippen LogP contribution is -2.32. The molecule has 1 aliphatic rings. The zero-order valence-corrected chi connectivity index (χ0v) is 13.2. The Balaban J connectivity index is 1.40. The fraction of sp³-hybridized carbons (Fsp3) is 0.529. The fourth-order valence-corrected chi connectivity index (χ4v) is 3.99. The molecule has 0 radical (unpaired) electrons. The van der Waals surface area contributed by atoms with Crippen molar-refractivity contribution in [1.29, 1.82) is 0 Å². The normalized spacial score (nSPS) is 16.6. The standard InChI is InChI=1S/C17H23FN2S/c18-15-5-6-17-14(11-15)12-16(21-17)13-19-7-4-10-20-8-2-1-3-9-20/h5-6,11-12,19H,1-4,7-10,13H2. The summed E-state index contributed by atoms with van der Waals surface area (Å²) in [5.41, 5.74) is 0. The highest BCUT2D eigenvalue weighted by Gasteiger charge is 2.08. The van der Waals surface area contributed by atoms with Crippen molar-refractivity contribution in [1.82, 2.24) is 10.2 Å². The number of thiophene rings is 1. The third-order valence-corrected chi connectivity index (χ3v) is 5.22. The number of nitrogens with zero attached hydrogens (tertiary/aromatic N) is 1. The third kappa shape index (κ3) is 4.25. The van der Waals surface area contributed by atoms with Gasteiger partial charge in [0.2, 0.25) is 0 Å². The summed E-state index contributed by atoms with van der Waals surface area (Å²) in [6.07, 6.45) is 5.35. The van der Waals surface area contributed by atoms with E-state index in [1.54, 1.807) is 17.4 Å². The van der Waals surface area contributed by atoms with E-state index in [4.69, 9.17) is 0 Å². The lowest BCUT2D eigenvalue weighted by atomic mass is 10.1. The highest BCUT2D eigenvalue weighted by atomic mass is 32.1. The molecule has 2 nitrogen and oxygen atoms in total. The van der Waals surface area contributed by atoms with Gasteiger partial charge in [-0.05, 0) is 75.1 Å². The predicted octanol–water partition coefficient (Wildman–Crippen LogP) is 4.01. The Morgan fingerprint density at radius 1 is 1.14 bits per heavy atom. The number of nitrogens with one attached hydrogen (secondary N) is 1. The Hall–Kier alpha value is -0.970. The smallest absolute Gasteiger partial charge is 0.123 e. The van der Waals surface area contributed by atoms with Crippen LogP contribution in [-0.2, 0) is 6.54 Å². The highest BCUT2D eigenvalue weighted by molar-refractivity contribution is 7.19. The summed E-state index contributed by atoms with van der Waals surface area (Å²) in [4.78, 5) is 3.86. The van der Waals surface area contributed by atoms with Gasteiger partial charge in [0.1, 0.15) is 5.82 Å². The number of halogens is 1. The number of benzene rings is 1. The van der Waals surface area contributed by atoms with E-state index in [9.17, 15) is 4.39 Å². The van der Waals surface area contributed by atoms with Crippen LogP contribution < -0.4 is 5.32 Å². The van der Waals surface area contributed by atoms with Crippen molar-refractivity contribution in [3.8, 4) is 0 Å². The van der Waals surface area contributed by atoms with E-state index in [2.05, 4.69) is 16.3 Å². The monoisotopic (exact) mass is 306 g/mol. The van der Waals surface area contributed by atoms with Crippen LogP contribution in [0.2, 0.25) is 0 Å². The SMILES string of the molecule is Fc1ccc2sc(CNCCCN3CCCCC3)cc2c1. The Kier molecular flexibility index (Phi) is 5.22. The summed E-state index contributed by atoms with van der Waals surface area (Å²) in [6, 6.07) is 7.12. The molecule has 2 aromatic rings. The van der Waals surface area contributed by atoms with Gasteiger partial charge in [0.15, 0.2) is 0 Å². The Morgan fingerprint density at radius 3 is 2.86 bits per heavy atom. The average Bonchev–Trinajstić information content (AvgIpc) is 2.90. The quantitative estimate of drug-likeness (QED) is 0.811. The summed E-state index contributed by atoms with van der Waals surface area (Å²) in [5, 5.41) is 4.53. The predicted molar refractivity (Wildman–Crippen MR) is 88.4 cm³/mol. The number of rotatable bonds is 6. The highest BCUT2D eigenvalue weighted by Crippen LogP contribution is 2.26. The van der Waals surface area contributed by atoms with Gasteiger partial charge >= 0.3 is 0 Å². The largest absolute Gasteiger partial charge is 0.312 e. The van der Waals surface area contributed by atoms with Gasteiger partial charge in [0.05, 0.1) is 0 Å². The molecule has 0 saturated carbocycles. The van der Waals surface area contributed by atoms with Gasteiger partial charge in [-0.15, -0.1) is 11.3 Å². The minimum absolute atomic E-state index is 0.152. The third-order valence-electron chi connectivity index (χ3n) is 4.11. The molecule has 0 atom stereocenters. The number of hydrogen-bond donors (Lipinski definition) is 1. The van der Waals surface area contributed by atoms with E-state index in [-0.39, 0.29) is 5.82 Å². The zero-order valence-electron chi connectivity index (χ0n) is 12.4. The van der Waals surface area contributed by atoms with Crippen LogP contribution in [0.25, 0.3) is 10.1 Å². The maximum Gasteiger partial charge on any atom is 0.123 e. The summed E-state index contributed by atoms with van der Waals surface area (Å²) in [5.74, 6) is -0.152. The van der Waals surface area contributed by atoms with E-state index in [1.807, 2.05) is 6.07 Å². The molecule has 0 aliphatic carbocycles. The molecule has 1 fully saturated rings. The topological polar surface area (TPSA) is 15.3 Å². The van der Waals surface area contributed by atoms with Crippen LogP contribution in [0.5, 0.6) is 0 Å². The van der Waals surface area contributed by atoms with Crippen molar-refractivity contribution >= 4 is 21.4 Å². The lowest BCUT2D eigenvalue weighted by molar-refractivity contribution is 0.226. The summed E-state index contributed by atoms with van der Waals surface area (Å²) in [6.45, 7) is 5.72. The van der Waals surface area contributed by atoms with Gasteiger partial charge in [-0.3, -0.25) is 0 Å². The Bertz CT molecular complexity index is 575. The number of hydrogen-bond acceptors (Lipinski definition) is 3. The molecule has 2 heterocycles. The number of fused-ring (bicyclic) bond motifs is 1. The van der Waals surface area contributed by atoms with E-state index < -0.39 is 0 Å². The van der Waals surface area contributed by atoms with Crippen LogP contribution in [0.1, 0.15) is 30.6 Å². The zero-order chi connectivity index (χ0) is 14.5. The first-order valence-corrected chi connectivity index (χ1v) is 8.74. The minimum atomic E-state index is -0.152. The van der Waals surface area contributed by atoms with Crippen LogP contribution in [-0.4, -0.2) is 31.1 Å². The first kappa shape index (κ1) is 14.9. The van der Waals surface area contributed by atoms with E-state index in [0.717, 1.165) is 18.5 Å². The molecule has 1 N–H and O–H groups in total. The number of likely N-dealkylation sites (tertiary alicyclic amines) is 1. The first-order chi connectivity index (χ1) is 10.3. The maximum atomic E-state index is 13.2. The second kappa shape index (κ2) is 7.34. The molecular weight excluding hydrogens is 283 g/mol. The van der Waals surface area contributed by atoms with Gasteiger partial charge in [-0.25, -0.2) is 4.39 Å². The second-order valence-corrected chi connectivity index (χ2v) is 7.00. The minimum Gasteiger partial charge on any atom is -0.312 e. The van der Waals surface area contributed by atoms with Crippen molar-refractivity contribution in [3.05, 3.63) is 35.0 Å². The molecule has 4 heteroatoms. The van der Waals surface area contributed by atoms with E-state index in [1.165, 1.54) is 61.0 Å². The van der Waals surface area contributed by atoms with E-state index >= 15 is 0 Å². The van der Waals surface area contributed by atoms with Crippen molar-refractivity contribution < 1.29 is 4.39 Å². The van der Waals surface area contributed by atoms with Crippen molar-refractivity contribution in [2.75, 3.05) is 26.2 Å². The summed E-state index contributed by atoms with van der Waals surface area (Å²) >= 11 is 1.75. The molecule has 0 unspecified atom stereocenters. The van der Waals surface area contributed by atoms with Gasteiger partial charge in [-0.2, -0.15) is 0 Å². The molecule has 1 aromatic carbocycles. The van der Waals surface area contributed by atoms with Gasteiger partial charge < -0.3 is 10.2 Å². The van der Waals surface area contributed by atoms with Crippen LogP contribution in [0.3, 0.4) is 0 Å². The molecule has 21 heavy (non-hydrogen) atoms. The number of piperidine rings is 1. The van der Waals surface area contributed by atoms with Gasteiger partial charge in [0, 0.05) is 16.1 Å². The Labute approximate surface area is 130 Å². The summed E-state index contributed by atoms with van der Waals surface area (Å²) in [7, 11) is 0. The molecule has 0 amide bonds. The molecular formula is C17H23FN2S. The van der Waals surface area contributed by atoms with Crippen LogP contribution in [0.15, 0.2) is 24.3 Å². The van der Waals surface area contributed by atoms with Crippen molar-refractivity contribution in [2.24, 2.45) is 0 Å². The molecule has 1 aliphatic heterocycles. The molecule has 0 bridgehead atoms. The van der Waals surface area contributed by atoms with Gasteiger partial charge in [-0.1, -0.05) is 6.42 Å². The van der Waals surface area contributed by atoms with Gasteiger partial charge in [0.25, 0.3) is 0 Å². The van der Waals surface area contributed by atoms with Crippen LogP contribution in [0, 0.1) is 5.82 Å². The molecule has 114 valence electrons. The van der Waals surface area contributed by atoms with Crippen LogP contribution in [0.4, 0.5) is 4.39 Å². The first-order valence-electron chi connectivity index (χ1n) is 7.92. The second-order valence-electron chi connectivity index (χ2n) is 5.83. The molecule has 1 saturated heterocycles. The maximum absolute atomic E-state index is 13.2. The summed E-state index contributed by atoms with van der Waals surface area (Å²) < 4.78 is 14.3. The average molecular weight is 306 g/mol. The fourth-order valence-electron chi connectivity index (χ4n) is 2.98. The van der Waals surface area contributed by atoms with Crippen molar-refractivity contribution in [2.45, 2.75) is 32.2 Å². The van der Waals surface area contributed by atoms with Crippen LogP contribution >= 0.6 is 11.3 Å². The molecule has 1 aromatic heterocycles. The van der Waals surface area contributed by atoms with E-state index in [0.29, 0.717) is 0 Å². The molecule has 0 spiro atoms. The van der Waals surface area contributed by atoms with Crippen molar-refractivity contribution in [3.63, 3.8) is 0 Å².